The zero-order valence-electron chi connectivity index (χ0n) is 17.2. The molecule has 1 aliphatic rings. The third kappa shape index (κ3) is 6.67. The highest BCUT2D eigenvalue weighted by atomic mass is 19.4. The van der Waals surface area contributed by atoms with Crippen molar-refractivity contribution in [1.82, 2.24) is 10.3 Å². The summed E-state index contributed by atoms with van der Waals surface area (Å²) in [5.41, 5.74) is 0.0782. The topological polar surface area (TPSA) is 96.0 Å². The number of carbonyl (C=O) groups is 2. The molecular formula is C19H11F9N2O6. The van der Waals surface area contributed by atoms with E-state index in [1.165, 1.54) is 12.1 Å². The van der Waals surface area contributed by atoms with Crippen molar-refractivity contribution in [2.24, 2.45) is 0 Å². The molecule has 0 atom stereocenters. The maximum atomic E-state index is 12.8. The van der Waals surface area contributed by atoms with E-state index in [0.717, 1.165) is 24.3 Å². The van der Waals surface area contributed by atoms with Crippen LogP contribution in [0.5, 0.6) is 11.6 Å². The lowest BCUT2D eigenvalue weighted by molar-refractivity contribution is -0.331. The number of pyridine rings is 1. The van der Waals surface area contributed by atoms with Gasteiger partial charge < -0.3 is 24.3 Å². The molecule has 0 unspecified atom stereocenters. The van der Waals surface area contributed by atoms with Gasteiger partial charge in [-0.2, -0.15) is 26.3 Å². The summed E-state index contributed by atoms with van der Waals surface area (Å²) in [5, 5.41) is 2.32. The number of carbonyl (C=O) groups excluding carboxylic acids is 2. The van der Waals surface area contributed by atoms with Crippen LogP contribution in [0.25, 0.3) is 11.3 Å². The molecule has 1 aromatic carbocycles. The van der Waals surface area contributed by atoms with E-state index in [0.29, 0.717) is 0 Å². The van der Waals surface area contributed by atoms with Gasteiger partial charge in [0.05, 0.1) is 5.69 Å². The molecule has 1 aromatic heterocycles. The third-order valence-electron chi connectivity index (χ3n) is 4.19. The lowest BCUT2D eigenvalue weighted by Gasteiger charge is -2.31. The van der Waals surface area contributed by atoms with Crippen LogP contribution in [0.15, 0.2) is 36.4 Å². The monoisotopic (exact) mass is 534 g/mol. The summed E-state index contributed by atoms with van der Waals surface area (Å²) < 4.78 is 130. The van der Waals surface area contributed by atoms with E-state index >= 15 is 0 Å². The van der Waals surface area contributed by atoms with E-state index in [4.69, 9.17) is 4.74 Å². The van der Waals surface area contributed by atoms with E-state index in [2.05, 4.69) is 24.5 Å². The minimum atomic E-state index is -5.70. The van der Waals surface area contributed by atoms with Gasteiger partial charge in [0.15, 0.2) is 0 Å². The Hall–Kier alpha value is -3.76. The third-order valence-corrected chi connectivity index (χ3v) is 4.19. The average molecular weight is 534 g/mol. The number of nitrogens with one attached hydrogen (secondary N) is 1. The largest absolute Gasteiger partial charge is 0.573 e. The number of ether oxygens (including phenoxy) is 4. The summed E-state index contributed by atoms with van der Waals surface area (Å²) in [4.78, 5) is 26.7. The Bertz CT molecular complexity index is 1100. The minimum absolute atomic E-state index is 0.0313. The van der Waals surface area contributed by atoms with Crippen LogP contribution in [-0.4, -0.2) is 48.2 Å². The Morgan fingerprint density at radius 2 is 1.42 bits per heavy atom. The first-order valence-electron chi connectivity index (χ1n) is 9.34. The maximum Gasteiger partial charge on any atom is 0.573 e. The van der Waals surface area contributed by atoms with Crippen molar-refractivity contribution in [3.8, 4) is 22.9 Å². The lowest BCUT2D eigenvalue weighted by Crippen LogP contribution is -2.55. The van der Waals surface area contributed by atoms with Gasteiger partial charge in [-0.15, -0.1) is 13.2 Å². The van der Waals surface area contributed by atoms with Crippen LogP contribution in [0.2, 0.25) is 0 Å². The van der Waals surface area contributed by atoms with E-state index in [-0.39, 0.29) is 23.4 Å². The van der Waals surface area contributed by atoms with Crippen LogP contribution in [0.4, 0.5) is 39.5 Å². The molecule has 0 saturated carbocycles. The fraction of sp³-hybridized carbons (Fsp3) is 0.316. The number of halogens is 9. The normalized spacial score (nSPS) is 15.7. The van der Waals surface area contributed by atoms with Crippen molar-refractivity contribution in [2.45, 2.75) is 31.2 Å². The molecule has 1 N–H and O–H groups in total. The molecule has 17 heteroatoms. The van der Waals surface area contributed by atoms with Gasteiger partial charge >= 0.3 is 36.6 Å². The average Bonchev–Trinajstić information content (AvgIpc) is 2.90. The van der Waals surface area contributed by atoms with E-state index in [9.17, 15) is 49.1 Å². The van der Waals surface area contributed by atoms with Gasteiger partial charge in [-0.05, 0) is 30.3 Å². The SMILES string of the molecule is O=C(OC1(OC(=O)C(F)(F)F)CNCc2ccc(-c3ccc(OC(F)(F)F)cc3)nc2O1)C(F)(F)F. The second kappa shape index (κ2) is 9.36. The predicted molar refractivity (Wildman–Crippen MR) is 95.7 cm³/mol. The summed E-state index contributed by atoms with van der Waals surface area (Å²) in [5.74, 6) is -10.9. The number of esters is 2. The van der Waals surface area contributed by atoms with Crippen molar-refractivity contribution >= 4 is 11.9 Å². The summed E-state index contributed by atoms with van der Waals surface area (Å²) in [7, 11) is 0. The fourth-order valence-corrected chi connectivity index (χ4v) is 2.75. The number of rotatable bonds is 4. The Labute approximate surface area is 193 Å². The molecule has 2 aromatic rings. The number of nitrogens with zero attached hydrogens (tertiary/aromatic N) is 1. The highest BCUT2D eigenvalue weighted by molar-refractivity contribution is 5.78. The number of benzene rings is 1. The molecule has 3 rings (SSSR count). The van der Waals surface area contributed by atoms with Crippen molar-refractivity contribution in [3.63, 3.8) is 0 Å². The van der Waals surface area contributed by atoms with Crippen LogP contribution in [0, 0.1) is 0 Å². The van der Waals surface area contributed by atoms with Crippen molar-refractivity contribution < 1.29 is 68.1 Å². The number of hydrogen-bond donors (Lipinski definition) is 1. The molecule has 2 heterocycles. The number of hydrogen-bond acceptors (Lipinski definition) is 8. The van der Waals surface area contributed by atoms with Crippen LogP contribution < -0.4 is 14.8 Å². The second-order valence-corrected chi connectivity index (χ2v) is 6.90. The molecule has 36 heavy (non-hydrogen) atoms. The molecule has 8 nitrogen and oxygen atoms in total. The molecule has 1 aliphatic heterocycles. The molecule has 0 radical (unpaired) electrons. The number of fused-ring (bicyclic) bond motifs is 1. The van der Waals surface area contributed by atoms with Gasteiger partial charge in [0.1, 0.15) is 12.3 Å². The van der Waals surface area contributed by atoms with Crippen LogP contribution in [-0.2, 0) is 25.6 Å². The number of alkyl halides is 9. The molecule has 0 spiro atoms. The Morgan fingerprint density at radius 1 is 0.861 bits per heavy atom. The van der Waals surface area contributed by atoms with E-state index < -0.39 is 54.8 Å². The standard InChI is InChI=1S/C19H11F9N2O6/c20-17(21,22)14(31)35-16(36-15(32)18(23,24)25)8-29-7-10-3-6-12(30-13(10)34-16)9-1-4-11(5-2-9)33-19(26,27)28/h1-6,29H,7-8H2. The minimum Gasteiger partial charge on any atom is -0.406 e. The Morgan fingerprint density at radius 3 is 1.92 bits per heavy atom. The van der Waals surface area contributed by atoms with Crippen LogP contribution in [0.1, 0.15) is 5.56 Å². The van der Waals surface area contributed by atoms with Crippen LogP contribution in [0.3, 0.4) is 0 Å². The zero-order valence-corrected chi connectivity index (χ0v) is 17.2. The van der Waals surface area contributed by atoms with Crippen molar-refractivity contribution in [2.75, 3.05) is 6.54 Å². The molecule has 0 saturated heterocycles. The summed E-state index contributed by atoms with van der Waals surface area (Å²) >= 11 is 0. The summed E-state index contributed by atoms with van der Waals surface area (Å²) in [6, 6.07) is 6.63. The molecule has 0 fully saturated rings. The zero-order chi connectivity index (χ0) is 26.9. The van der Waals surface area contributed by atoms with Gasteiger partial charge in [0.2, 0.25) is 5.88 Å². The van der Waals surface area contributed by atoms with Gasteiger partial charge in [-0.1, -0.05) is 6.07 Å². The molecule has 196 valence electrons. The highest BCUT2D eigenvalue weighted by Gasteiger charge is 2.55. The quantitative estimate of drug-likeness (QED) is 0.358. The molecule has 0 aliphatic carbocycles. The van der Waals surface area contributed by atoms with Crippen LogP contribution >= 0.6 is 0 Å². The first-order chi connectivity index (χ1) is 16.5. The molecule has 0 amide bonds. The van der Waals surface area contributed by atoms with Gasteiger partial charge in [0, 0.05) is 17.7 Å². The van der Waals surface area contributed by atoms with E-state index in [1.54, 1.807) is 0 Å². The van der Waals surface area contributed by atoms with Gasteiger partial charge in [-0.3, -0.25) is 0 Å². The highest BCUT2D eigenvalue weighted by Crippen LogP contribution is 2.33. The predicted octanol–water partition coefficient (Wildman–Crippen LogP) is 3.99. The molecular weight excluding hydrogens is 523 g/mol. The van der Waals surface area contributed by atoms with Crippen molar-refractivity contribution in [1.29, 1.82) is 0 Å². The maximum absolute atomic E-state index is 12.8. The first kappa shape index (κ1) is 26.8. The summed E-state index contributed by atoms with van der Waals surface area (Å²) in [6.45, 7) is -1.46. The van der Waals surface area contributed by atoms with Gasteiger partial charge in [0.25, 0.3) is 0 Å². The van der Waals surface area contributed by atoms with Gasteiger partial charge in [-0.25, -0.2) is 14.6 Å². The number of aromatic nitrogens is 1. The smallest absolute Gasteiger partial charge is 0.406 e. The molecule has 0 bridgehead atoms. The van der Waals surface area contributed by atoms with Crippen molar-refractivity contribution in [3.05, 3.63) is 42.0 Å². The van der Waals surface area contributed by atoms with E-state index in [1.807, 2.05) is 0 Å². The Kier molecular flexibility index (Phi) is 6.98. The fourth-order valence-electron chi connectivity index (χ4n) is 2.75. The second-order valence-electron chi connectivity index (χ2n) is 6.90. The first-order valence-corrected chi connectivity index (χ1v) is 9.34. The summed E-state index contributed by atoms with van der Waals surface area (Å²) in [6.07, 6.45) is -16.4. The lowest BCUT2D eigenvalue weighted by atomic mass is 10.1. The Balaban J connectivity index is 1.97.